The minimum absolute atomic E-state index is 0.0386. The first-order chi connectivity index (χ1) is 13.9. The Morgan fingerprint density at radius 2 is 1.62 bits per heavy atom. The Hall–Kier alpha value is -3.80. The van der Waals surface area contributed by atoms with Crippen LogP contribution in [0.1, 0.15) is 5.56 Å². The first kappa shape index (κ1) is 21.5. The number of halogens is 2. The molecule has 29 heavy (non-hydrogen) atoms. The molecule has 0 saturated carbocycles. The lowest BCUT2D eigenvalue weighted by atomic mass is 10.1. The molecule has 0 bridgehead atoms. The SMILES string of the molecule is COc1ccc(NC(=O)C(C#N)=Cc2ccc(OC(F)F)c(OC)c2)cc1OC. The molecule has 1 amide bonds. The summed E-state index contributed by atoms with van der Waals surface area (Å²) < 4.78 is 44.5. The highest BCUT2D eigenvalue weighted by molar-refractivity contribution is 6.09. The van der Waals surface area contributed by atoms with Crippen molar-refractivity contribution in [2.24, 2.45) is 0 Å². The minimum Gasteiger partial charge on any atom is -0.493 e. The molecule has 0 radical (unpaired) electrons. The Morgan fingerprint density at radius 3 is 2.21 bits per heavy atom. The van der Waals surface area contributed by atoms with Crippen LogP contribution in [-0.2, 0) is 4.79 Å². The van der Waals surface area contributed by atoms with Crippen molar-refractivity contribution in [3.05, 3.63) is 47.5 Å². The van der Waals surface area contributed by atoms with Crippen LogP contribution >= 0.6 is 0 Å². The van der Waals surface area contributed by atoms with E-state index in [4.69, 9.17) is 14.2 Å². The molecule has 0 aliphatic carbocycles. The number of benzene rings is 2. The number of carbonyl (C=O) groups excluding carboxylic acids is 1. The summed E-state index contributed by atoms with van der Waals surface area (Å²) in [4.78, 5) is 12.4. The second-order valence-electron chi connectivity index (χ2n) is 5.48. The molecular weight excluding hydrogens is 386 g/mol. The zero-order valence-corrected chi connectivity index (χ0v) is 15.9. The third kappa shape index (κ3) is 5.59. The van der Waals surface area contributed by atoms with E-state index in [2.05, 4.69) is 10.1 Å². The number of hydrogen-bond donors (Lipinski definition) is 1. The topological polar surface area (TPSA) is 89.8 Å². The van der Waals surface area contributed by atoms with E-state index in [9.17, 15) is 18.8 Å². The van der Waals surface area contributed by atoms with E-state index in [0.29, 0.717) is 22.7 Å². The van der Waals surface area contributed by atoms with Gasteiger partial charge in [-0.25, -0.2) is 0 Å². The number of methoxy groups -OCH3 is 3. The Morgan fingerprint density at radius 1 is 1.00 bits per heavy atom. The lowest BCUT2D eigenvalue weighted by Crippen LogP contribution is -2.13. The Balaban J connectivity index is 2.25. The molecule has 0 heterocycles. The van der Waals surface area contributed by atoms with Gasteiger partial charge in [-0.2, -0.15) is 14.0 Å². The second-order valence-corrected chi connectivity index (χ2v) is 5.48. The predicted octanol–water partition coefficient (Wildman–Crippen LogP) is 3.86. The van der Waals surface area contributed by atoms with Crippen LogP contribution in [0.4, 0.5) is 14.5 Å². The summed E-state index contributed by atoms with van der Waals surface area (Å²) in [6.45, 7) is -3.01. The van der Waals surface area contributed by atoms with E-state index in [1.54, 1.807) is 18.2 Å². The molecule has 2 aromatic rings. The maximum atomic E-state index is 12.4. The minimum atomic E-state index is -3.01. The smallest absolute Gasteiger partial charge is 0.387 e. The second kappa shape index (κ2) is 9.94. The van der Waals surface area contributed by atoms with Crippen LogP contribution in [0.5, 0.6) is 23.0 Å². The average Bonchev–Trinajstić information content (AvgIpc) is 2.72. The summed E-state index contributed by atoms with van der Waals surface area (Å²) in [7, 11) is 4.23. The summed E-state index contributed by atoms with van der Waals surface area (Å²) in [5, 5.41) is 11.9. The number of anilines is 1. The fourth-order valence-electron chi connectivity index (χ4n) is 2.39. The van der Waals surface area contributed by atoms with Crippen LogP contribution in [-0.4, -0.2) is 33.8 Å². The van der Waals surface area contributed by atoms with Crippen molar-refractivity contribution in [1.29, 1.82) is 5.26 Å². The van der Waals surface area contributed by atoms with Crippen LogP contribution in [0.2, 0.25) is 0 Å². The number of alkyl halides is 2. The van der Waals surface area contributed by atoms with Gasteiger partial charge in [-0.05, 0) is 35.9 Å². The zero-order valence-electron chi connectivity index (χ0n) is 15.9. The first-order valence-corrected chi connectivity index (χ1v) is 8.19. The van der Waals surface area contributed by atoms with Gasteiger partial charge in [0, 0.05) is 11.8 Å². The monoisotopic (exact) mass is 404 g/mol. The maximum absolute atomic E-state index is 12.4. The Labute approximate surface area is 166 Å². The lowest BCUT2D eigenvalue weighted by Gasteiger charge is -2.11. The molecule has 0 aromatic heterocycles. The quantitative estimate of drug-likeness (QED) is 0.531. The van der Waals surface area contributed by atoms with Gasteiger partial charge < -0.3 is 24.3 Å². The molecule has 9 heteroatoms. The zero-order chi connectivity index (χ0) is 21.4. The van der Waals surface area contributed by atoms with E-state index >= 15 is 0 Å². The number of rotatable bonds is 8. The molecule has 0 aliphatic rings. The summed E-state index contributed by atoms with van der Waals surface area (Å²) in [6.07, 6.45) is 1.30. The van der Waals surface area contributed by atoms with Gasteiger partial charge in [0.2, 0.25) is 0 Å². The largest absolute Gasteiger partial charge is 0.493 e. The van der Waals surface area contributed by atoms with Gasteiger partial charge in [0.1, 0.15) is 11.6 Å². The number of ether oxygens (including phenoxy) is 4. The molecule has 0 spiro atoms. The van der Waals surface area contributed by atoms with Crippen LogP contribution in [0.15, 0.2) is 42.0 Å². The van der Waals surface area contributed by atoms with E-state index in [-0.39, 0.29) is 17.1 Å². The molecule has 152 valence electrons. The van der Waals surface area contributed by atoms with Crippen molar-refractivity contribution in [2.45, 2.75) is 6.61 Å². The van der Waals surface area contributed by atoms with Gasteiger partial charge in [-0.3, -0.25) is 4.79 Å². The third-order valence-electron chi connectivity index (χ3n) is 3.72. The number of amides is 1. The van der Waals surface area contributed by atoms with Crippen molar-refractivity contribution < 1.29 is 32.5 Å². The van der Waals surface area contributed by atoms with Gasteiger partial charge in [-0.15, -0.1) is 0 Å². The highest BCUT2D eigenvalue weighted by Crippen LogP contribution is 2.31. The summed E-state index contributed by atoms with van der Waals surface area (Å²) in [6, 6.07) is 10.6. The summed E-state index contributed by atoms with van der Waals surface area (Å²) >= 11 is 0. The van der Waals surface area contributed by atoms with Gasteiger partial charge in [0.15, 0.2) is 23.0 Å². The van der Waals surface area contributed by atoms with Crippen molar-refractivity contribution in [2.75, 3.05) is 26.6 Å². The highest BCUT2D eigenvalue weighted by Gasteiger charge is 2.14. The maximum Gasteiger partial charge on any atom is 0.387 e. The van der Waals surface area contributed by atoms with Crippen LogP contribution in [0, 0.1) is 11.3 Å². The van der Waals surface area contributed by atoms with Gasteiger partial charge in [0.25, 0.3) is 5.91 Å². The molecule has 0 aliphatic heterocycles. The molecule has 1 N–H and O–H groups in total. The van der Waals surface area contributed by atoms with Crippen molar-refractivity contribution in [1.82, 2.24) is 0 Å². The number of carbonyl (C=O) groups is 1. The van der Waals surface area contributed by atoms with Gasteiger partial charge in [0.05, 0.1) is 21.3 Å². The molecule has 0 saturated heterocycles. The number of hydrogen-bond acceptors (Lipinski definition) is 6. The fourth-order valence-corrected chi connectivity index (χ4v) is 2.39. The average molecular weight is 404 g/mol. The van der Waals surface area contributed by atoms with Crippen LogP contribution in [0.3, 0.4) is 0 Å². The lowest BCUT2D eigenvalue weighted by molar-refractivity contribution is -0.112. The number of nitrogens with one attached hydrogen (secondary N) is 1. The normalized spacial score (nSPS) is 10.9. The Bertz CT molecular complexity index is 954. The molecule has 7 nitrogen and oxygen atoms in total. The molecule has 0 atom stereocenters. The van der Waals surface area contributed by atoms with Crippen molar-refractivity contribution in [3.8, 4) is 29.1 Å². The predicted molar refractivity (Wildman–Crippen MR) is 101 cm³/mol. The number of nitrogens with zero attached hydrogens (tertiary/aromatic N) is 1. The van der Waals surface area contributed by atoms with Gasteiger partial charge in [-0.1, -0.05) is 6.07 Å². The third-order valence-corrected chi connectivity index (χ3v) is 3.72. The van der Waals surface area contributed by atoms with E-state index in [1.165, 1.54) is 45.6 Å². The van der Waals surface area contributed by atoms with Crippen molar-refractivity contribution in [3.63, 3.8) is 0 Å². The molecule has 2 aromatic carbocycles. The molecular formula is C20H18F2N2O5. The Kier molecular flexibility index (Phi) is 7.37. The fraction of sp³-hybridized carbons (Fsp3) is 0.200. The van der Waals surface area contributed by atoms with Crippen LogP contribution in [0.25, 0.3) is 6.08 Å². The standard InChI is InChI=1S/C20H18F2N2O5/c1-26-15-7-5-14(10-18(15)28-3)24-19(25)13(11-23)8-12-4-6-16(29-20(21)22)17(9-12)27-2/h4-10,20H,1-3H3,(H,24,25). The first-order valence-electron chi connectivity index (χ1n) is 8.19. The highest BCUT2D eigenvalue weighted by atomic mass is 19.3. The number of nitriles is 1. The van der Waals surface area contributed by atoms with E-state index in [1.807, 2.05) is 6.07 Å². The van der Waals surface area contributed by atoms with Gasteiger partial charge >= 0.3 is 6.61 Å². The van der Waals surface area contributed by atoms with E-state index in [0.717, 1.165) is 0 Å². The van der Waals surface area contributed by atoms with E-state index < -0.39 is 12.5 Å². The van der Waals surface area contributed by atoms with Crippen molar-refractivity contribution >= 4 is 17.7 Å². The summed E-state index contributed by atoms with van der Waals surface area (Å²) in [5.41, 5.74) is 0.582. The molecule has 2 rings (SSSR count). The van der Waals surface area contributed by atoms with Crippen LogP contribution < -0.4 is 24.3 Å². The molecule has 0 unspecified atom stereocenters. The summed E-state index contributed by atoms with van der Waals surface area (Å²) in [5.74, 6) is 0.114. The molecule has 0 fully saturated rings.